The van der Waals surface area contributed by atoms with Gasteiger partial charge in [-0.25, -0.2) is 9.97 Å². The zero-order valence-electron chi connectivity index (χ0n) is 11.3. The molecular formula is C13H20N4S2. The number of hydrogen-bond donors (Lipinski definition) is 2. The number of rotatable bonds is 4. The summed E-state index contributed by atoms with van der Waals surface area (Å²) in [5.41, 5.74) is 7.17. The minimum Gasteiger partial charge on any atom is -0.388 e. The Labute approximate surface area is 124 Å². The summed E-state index contributed by atoms with van der Waals surface area (Å²) in [6.07, 6.45) is 7.18. The van der Waals surface area contributed by atoms with Crippen LogP contribution < -0.4 is 11.1 Å². The Morgan fingerprint density at radius 2 is 2.16 bits per heavy atom. The number of aromatic nitrogens is 2. The molecule has 1 aliphatic rings. The van der Waals surface area contributed by atoms with Crippen LogP contribution >= 0.6 is 24.0 Å². The molecule has 2 unspecified atom stereocenters. The summed E-state index contributed by atoms with van der Waals surface area (Å²) >= 11 is 6.91. The first-order chi connectivity index (χ1) is 9.10. The monoisotopic (exact) mass is 296 g/mol. The quantitative estimate of drug-likeness (QED) is 0.832. The summed E-state index contributed by atoms with van der Waals surface area (Å²) in [4.78, 5) is 9.15. The van der Waals surface area contributed by atoms with Crippen LogP contribution in [-0.2, 0) is 0 Å². The van der Waals surface area contributed by atoms with Gasteiger partial charge in [0.2, 0.25) is 5.95 Å². The third kappa shape index (κ3) is 3.79. The summed E-state index contributed by atoms with van der Waals surface area (Å²) in [5, 5.41) is 4.09. The van der Waals surface area contributed by atoms with Crippen molar-refractivity contribution >= 4 is 34.9 Å². The van der Waals surface area contributed by atoms with E-state index in [0.717, 1.165) is 5.69 Å². The number of aryl methyl sites for hydroxylation is 1. The number of thiocarbonyl (C=S) groups is 1. The van der Waals surface area contributed by atoms with Crippen molar-refractivity contribution in [3.05, 3.63) is 17.5 Å². The van der Waals surface area contributed by atoms with E-state index in [9.17, 15) is 0 Å². The maximum Gasteiger partial charge on any atom is 0.223 e. The van der Waals surface area contributed by atoms with E-state index in [2.05, 4.69) is 21.5 Å². The van der Waals surface area contributed by atoms with Gasteiger partial charge in [-0.3, -0.25) is 0 Å². The van der Waals surface area contributed by atoms with Crippen molar-refractivity contribution in [3.8, 4) is 0 Å². The lowest BCUT2D eigenvalue weighted by atomic mass is 9.95. The zero-order chi connectivity index (χ0) is 13.8. The molecule has 2 atom stereocenters. The predicted molar refractivity (Wildman–Crippen MR) is 85.8 cm³/mol. The van der Waals surface area contributed by atoms with Crippen molar-refractivity contribution in [2.45, 2.75) is 43.9 Å². The molecular weight excluding hydrogens is 276 g/mol. The van der Waals surface area contributed by atoms with Crippen molar-refractivity contribution in [2.75, 3.05) is 11.6 Å². The van der Waals surface area contributed by atoms with Crippen molar-refractivity contribution in [2.24, 2.45) is 5.73 Å². The van der Waals surface area contributed by atoms with Crippen LogP contribution in [0.2, 0.25) is 0 Å². The molecule has 0 spiro atoms. The van der Waals surface area contributed by atoms with Crippen LogP contribution in [0.5, 0.6) is 0 Å². The second-order valence-corrected chi connectivity index (χ2v) is 6.41. The smallest absolute Gasteiger partial charge is 0.223 e. The number of nitrogens with two attached hydrogens (primary N) is 1. The minimum atomic E-state index is 0.318. The molecule has 1 fully saturated rings. The van der Waals surface area contributed by atoms with Gasteiger partial charge in [0.05, 0.1) is 0 Å². The van der Waals surface area contributed by atoms with Gasteiger partial charge in [-0.15, -0.1) is 0 Å². The Morgan fingerprint density at radius 3 is 2.84 bits per heavy atom. The van der Waals surface area contributed by atoms with Crippen LogP contribution in [0.15, 0.2) is 6.07 Å². The average molecular weight is 296 g/mol. The molecule has 1 aromatic rings. The molecule has 0 aliphatic heterocycles. The lowest BCUT2D eigenvalue weighted by molar-refractivity contribution is 0.473. The van der Waals surface area contributed by atoms with E-state index in [4.69, 9.17) is 18.0 Å². The van der Waals surface area contributed by atoms with Gasteiger partial charge in [-0.05, 0) is 32.1 Å². The van der Waals surface area contributed by atoms with E-state index in [1.807, 2.05) is 24.8 Å². The molecule has 0 saturated heterocycles. The van der Waals surface area contributed by atoms with Crippen molar-refractivity contribution < 1.29 is 0 Å². The molecule has 104 valence electrons. The highest BCUT2D eigenvalue weighted by atomic mass is 32.2. The molecule has 1 aliphatic carbocycles. The van der Waals surface area contributed by atoms with Gasteiger partial charge in [0.1, 0.15) is 10.7 Å². The third-order valence-corrected chi connectivity index (χ3v) is 4.81. The minimum absolute atomic E-state index is 0.318. The van der Waals surface area contributed by atoms with E-state index in [1.54, 1.807) is 0 Å². The molecule has 0 aromatic carbocycles. The predicted octanol–water partition coefficient (Wildman–Crippen LogP) is 2.51. The van der Waals surface area contributed by atoms with Crippen LogP contribution in [0, 0.1) is 6.92 Å². The van der Waals surface area contributed by atoms with Crippen molar-refractivity contribution in [3.63, 3.8) is 0 Å². The fraction of sp³-hybridized carbons (Fsp3) is 0.615. The van der Waals surface area contributed by atoms with Crippen LogP contribution in [0.25, 0.3) is 0 Å². The Morgan fingerprint density at radius 1 is 1.42 bits per heavy atom. The summed E-state index contributed by atoms with van der Waals surface area (Å²) in [6, 6.07) is 2.25. The summed E-state index contributed by atoms with van der Waals surface area (Å²) in [7, 11) is 0. The summed E-state index contributed by atoms with van der Waals surface area (Å²) in [6.45, 7) is 1.93. The second kappa shape index (κ2) is 6.52. The van der Waals surface area contributed by atoms with Gasteiger partial charge in [0, 0.05) is 17.0 Å². The van der Waals surface area contributed by atoms with Gasteiger partial charge < -0.3 is 11.1 Å². The van der Waals surface area contributed by atoms with Crippen molar-refractivity contribution in [1.29, 1.82) is 0 Å². The number of nitrogens with zero attached hydrogens (tertiary/aromatic N) is 2. The Bertz CT molecular complexity index is 464. The Balaban J connectivity index is 2.15. The molecule has 1 aromatic heterocycles. The maximum absolute atomic E-state index is 5.65. The van der Waals surface area contributed by atoms with Crippen molar-refractivity contribution in [1.82, 2.24) is 9.97 Å². The second-order valence-electron chi connectivity index (χ2n) is 4.89. The standard InChI is InChI=1S/C13H20N4S2/c1-8-7-10(12(14)18)17-13(15-8)16-9-5-3-4-6-11(9)19-2/h7,9,11H,3-6H2,1-2H3,(H2,14,18)(H,15,16,17). The van der Waals surface area contributed by atoms with E-state index in [1.165, 1.54) is 25.7 Å². The van der Waals surface area contributed by atoms with Crippen LogP contribution in [-0.4, -0.2) is 32.5 Å². The largest absolute Gasteiger partial charge is 0.388 e. The first-order valence-corrected chi connectivity index (χ1v) is 8.24. The summed E-state index contributed by atoms with van der Waals surface area (Å²) in [5.74, 6) is 0.647. The Kier molecular flexibility index (Phi) is 4.99. The number of nitrogens with one attached hydrogen (secondary N) is 1. The fourth-order valence-electron chi connectivity index (χ4n) is 2.47. The highest BCUT2D eigenvalue weighted by Gasteiger charge is 2.25. The lowest BCUT2D eigenvalue weighted by Crippen LogP contribution is -2.35. The van der Waals surface area contributed by atoms with E-state index >= 15 is 0 Å². The zero-order valence-corrected chi connectivity index (χ0v) is 13.0. The molecule has 3 N–H and O–H groups in total. The van der Waals surface area contributed by atoms with E-state index in [0.29, 0.717) is 27.9 Å². The molecule has 0 amide bonds. The molecule has 2 rings (SSSR count). The first kappa shape index (κ1) is 14.5. The lowest BCUT2D eigenvalue weighted by Gasteiger charge is -2.31. The SMILES string of the molecule is CSC1CCCCC1Nc1nc(C)cc(C(N)=S)n1. The van der Waals surface area contributed by atoms with E-state index < -0.39 is 0 Å². The molecule has 6 heteroatoms. The van der Waals surface area contributed by atoms with Gasteiger partial charge in [-0.2, -0.15) is 11.8 Å². The number of hydrogen-bond acceptors (Lipinski definition) is 5. The van der Waals surface area contributed by atoms with Gasteiger partial charge >= 0.3 is 0 Å². The topological polar surface area (TPSA) is 63.8 Å². The van der Waals surface area contributed by atoms with Crippen LogP contribution in [0.1, 0.15) is 37.1 Å². The first-order valence-electron chi connectivity index (χ1n) is 6.55. The highest BCUT2D eigenvalue weighted by Crippen LogP contribution is 2.28. The van der Waals surface area contributed by atoms with E-state index in [-0.39, 0.29) is 0 Å². The van der Waals surface area contributed by atoms with Gasteiger partial charge in [0.15, 0.2) is 0 Å². The summed E-state index contributed by atoms with van der Waals surface area (Å²) < 4.78 is 0. The molecule has 0 radical (unpaired) electrons. The highest BCUT2D eigenvalue weighted by molar-refractivity contribution is 7.99. The fourth-order valence-corrected chi connectivity index (χ4v) is 3.51. The molecule has 1 saturated carbocycles. The van der Waals surface area contributed by atoms with Gasteiger partial charge in [-0.1, -0.05) is 25.1 Å². The third-order valence-electron chi connectivity index (χ3n) is 3.43. The average Bonchev–Trinajstić information content (AvgIpc) is 2.38. The van der Waals surface area contributed by atoms with Crippen LogP contribution in [0.4, 0.5) is 5.95 Å². The maximum atomic E-state index is 5.65. The molecule has 1 heterocycles. The molecule has 19 heavy (non-hydrogen) atoms. The number of thioether (sulfide) groups is 1. The normalized spacial score (nSPS) is 23.1. The number of anilines is 1. The van der Waals surface area contributed by atoms with Gasteiger partial charge in [0.25, 0.3) is 0 Å². The van der Waals surface area contributed by atoms with Crippen LogP contribution in [0.3, 0.4) is 0 Å². The molecule has 4 nitrogen and oxygen atoms in total. The molecule has 0 bridgehead atoms. The Hall–Kier alpha value is -0.880.